The van der Waals surface area contributed by atoms with Crippen molar-refractivity contribution >= 4 is 29.0 Å². The van der Waals surface area contributed by atoms with Crippen LogP contribution in [0.3, 0.4) is 0 Å². The van der Waals surface area contributed by atoms with Gasteiger partial charge in [-0.3, -0.25) is 0 Å². The Balaban J connectivity index is 4.42. The molecule has 0 aromatic heterocycles. The van der Waals surface area contributed by atoms with Gasteiger partial charge in [0.15, 0.2) is 0 Å². The van der Waals surface area contributed by atoms with Gasteiger partial charge in [-0.05, 0) is 0 Å². The first-order valence-corrected chi connectivity index (χ1v) is 6.23. The van der Waals surface area contributed by atoms with E-state index in [1.54, 1.807) is 3.82 Å². The number of rotatable bonds is 6. The van der Waals surface area contributed by atoms with E-state index in [-0.39, 0.29) is 18.4 Å². The summed E-state index contributed by atoms with van der Waals surface area (Å²) < 4.78 is 1.59. The van der Waals surface area contributed by atoms with Gasteiger partial charge in [0.2, 0.25) is 0 Å². The van der Waals surface area contributed by atoms with E-state index in [9.17, 15) is 9.59 Å². The minimum atomic E-state index is -0.841. The molecule has 0 rings (SSSR count). The number of amides is 1. The van der Waals surface area contributed by atoms with Crippen LogP contribution in [0.25, 0.3) is 0 Å². The Morgan fingerprint density at radius 3 is 2.33 bits per heavy atom. The molecule has 0 spiro atoms. The number of aliphatic carboxylic acids is 1. The van der Waals surface area contributed by atoms with E-state index < -0.39 is 5.97 Å². The van der Waals surface area contributed by atoms with Crippen molar-refractivity contribution in [3.8, 4) is 0 Å². The zero-order chi connectivity index (χ0) is 12.0. The Hall–Kier alpha value is -0.502. The molecule has 0 aliphatic carbocycles. The standard InChI is InChI=1S/C10H20AsNO3/c1-4-7(2)5-9(6-10(14)15)12(11)8(3)13/h7,9H,4-6,11H2,1-3H3,(H,14,15). The van der Waals surface area contributed by atoms with E-state index in [0.717, 1.165) is 12.8 Å². The average Bonchev–Trinajstić information content (AvgIpc) is 2.14. The van der Waals surface area contributed by atoms with Crippen molar-refractivity contribution in [2.45, 2.75) is 46.1 Å². The fourth-order valence-corrected chi connectivity index (χ4v) is 1.86. The average molecular weight is 277 g/mol. The third-order valence-corrected chi connectivity index (χ3v) is 4.19. The number of carbonyl (C=O) groups is 2. The Morgan fingerprint density at radius 1 is 1.47 bits per heavy atom. The van der Waals surface area contributed by atoms with Crippen LogP contribution in [0.4, 0.5) is 0 Å². The number of carboxylic acid groups (broad SMARTS) is 1. The molecule has 0 aliphatic rings. The maximum absolute atomic E-state index is 11.2. The molecule has 0 saturated heterocycles. The Morgan fingerprint density at radius 2 is 2.00 bits per heavy atom. The number of carboxylic acids is 1. The first-order valence-electron chi connectivity index (χ1n) is 5.14. The molecule has 3 unspecified atom stereocenters. The van der Waals surface area contributed by atoms with Crippen LogP contribution in [-0.4, -0.2) is 43.9 Å². The van der Waals surface area contributed by atoms with Crippen LogP contribution in [0.5, 0.6) is 0 Å². The summed E-state index contributed by atoms with van der Waals surface area (Å²) in [7, 11) is 0. The van der Waals surface area contributed by atoms with E-state index in [0.29, 0.717) is 5.92 Å². The number of carbonyl (C=O) groups excluding carboxylic acids is 1. The Kier molecular flexibility index (Phi) is 6.66. The van der Waals surface area contributed by atoms with Gasteiger partial charge < -0.3 is 0 Å². The Labute approximate surface area is 99.8 Å². The fraction of sp³-hybridized carbons (Fsp3) is 0.800. The molecule has 0 saturated carbocycles. The molecule has 0 fully saturated rings. The van der Waals surface area contributed by atoms with Crippen molar-refractivity contribution < 1.29 is 14.7 Å². The van der Waals surface area contributed by atoms with Crippen molar-refractivity contribution in [3.05, 3.63) is 0 Å². The first-order chi connectivity index (χ1) is 6.88. The van der Waals surface area contributed by atoms with Gasteiger partial charge in [-0.25, -0.2) is 0 Å². The van der Waals surface area contributed by atoms with E-state index in [2.05, 4.69) is 13.8 Å². The predicted molar refractivity (Wildman–Crippen MR) is 61.2 cm³/mol. The van der Waals surface area contributed by atoms with Gasteiger partial charge in [0, 0.05) is 0 Å². The number of hydrogen-bond acceptors (Lipinski definition) is 2. The van der Waals surface area contributed by atoms with Crippen molar-refractivity contribution in [3.63, 3.8) is 0 Å². The summed E-state index contributed by atoms with van der Waals surface area (Å²) in [6.07, 6.45) is 1.82. The third-order valence-electron chi connectivity index (χ3n) is 2.54. The number of nitrogens with zero attached hydrogens (tertiary/aromatic N) is 1. The quantitative estimate of drug-likeness (QED) is 0.726. The van der Waals surface area contributed by atoms with Crippen molar-refractivity contribution in [1.82, 2.24) is 3.82 Å². The van der Waals surface area contributed by atoms with E-state index in [1.165, 1.54) is 24.0 Å². The zero-order valence-electron chi connectivity index (χ0n) is 9.56. The second-order valence-corrected chi connectivity index (χ2v) is 5.09. The molecule has 0 aliphatic heterocycles. The summed E-state index contributed by atoms with van der Waals surface area (Å²) in [6, 6.07) is -0.157. The van der Waals surface area contributed by atoms with Crippen LogP contribution in [-0.2, 0) is 9.59 Å². The summed E-state index contributed by atoms with van der Waals surface area (Å²) in [4.78, 5) is 21.9. The SMILES string of the molecule is CCC(C)CC(CC(=O)O)N([AsH2])C(C)=O. The van der Waals surface area contributed by atoms with Gasteiger partial charge in [-0.15, -0.1) is 0 Å². The van der Waals surface area contributed by atoms with Gasteiger partial charge in [-0.2, -0.15) is 0 Å². The van der Waals surface area contributed by atoms with Crippen LogP contribution in [0.15, 0.2) is 0 Å². The van der Waals surface area contributed by atoms with Crippen molar-refractivity contribution in [1.29, 1.82) is 0 Å². The van der Waals surface area contributed by atoms with Crippen molar-refractivity contribution in [2.75, 3.05) is 0 Å². The molecular weight excluding hydrogens is 257 g/mol. The predicted octanol–water partition coefficient (Wildman–Crippen LogP) is 0.662. The summed E-state index contributed by atoms with van der Waals surface area (Å²) in [5, 5.41) is 8.77. The fourth-order valence-electron chi connectivity index (χ4n) is 1.39. The molecule has 3 atom stereocenters. The molecule has 0 radical (unpaired) electrons. The monoisotopic (exact) mass is 277 g/mol. The van der Waals surface area contributed by atoms with E-state index in [1.807, 2.05) is 0 Å². The van der Waals surface area contributed by atoms with E-state index in [4.69, 9.17) is 5.11 Å². The molecule has 5 heteroatoms. The molecule has 4 nitrogen and oxygen atoms in total. The van der Waals surface area contributed by atoms with Crippen LogP contribution >= 0.6 is 0 Å². The molecule has 1 N–H and O–H groups in total. The molecule has 15 heavy (non-hydrogen) atoms. The van der Waals surface area contributed by atoms with Gasteiger partial charge in [-0.1, -0.05) is 0 Å². The number of hydrogen-bond donors (Lipinski definition) is 1. The summed E-state index contributed by atoms with van der Waals surface area (Å²) >= 11 is 1.18. The first kappa shape index (κ1) is 14.5. The zero-order valence-corrected chi connectivity index (χ0v) is 12.0. The summed E-state index contributed by atoms with van der Waals surface area (Å²) in [5.74, 6) is -0.441. The van der Waals surface area contributed by atoms with Crippen molar-refractivity contribution in [2.24, 2.45) is 5.92 Å². The third kappa shape index (κ3) is 5.83. The molecule has 88 valence electrons. The maximum atomic E-state index is 11.2. The molecule has 0 aromatic carbocycles. The molecule has 0 bridgehead atoms. The molecule has 1 amide bonds. The summed E-state index contributed by atoms with van der Waals surface area (Å²) in [5.41, 5.74) is 0. The van der Waals surface area contributed by atoms with Crippen LogP contribution in [0.1, 0.15) is 40.0 Å². The summed E-state index contributed by atoms with van der Waals surface area (Å²) in [6.45, 7) is 5.63. The Bertz CT molecular complexity index is 233. The van der Waals surface area contributed by atoms with E-state index >= 15 is 0 Å². The van der Waals surface area contributed by atoms with Gasteiger partial charge in [0.1, 0.15) is 0 Å². The molecule has 0 heterocycles. The van der Waals surface area contributed by atoms with Crippen LogP contribution in [0, 0.1) is 5.92 Å². The second-order valence-electron chi connectivity index (χ2n) is 3.93. The van der Waals surface area contributed by atoms with Gasteiger partial charge in [0.05, 0.1) is 0 Å². The van der Waals surface area contributed by atoms with Crippen LogP contribution < -0.4 is 0 Å². The van der Waals surface area contributed by atoms with Gasteiger partial charge in [0.25, 0.3) is 0 Å². The molecule has 0 aromatic rings. The second kappa shape index (κ2) is 6.89. The normalized spacial score (nSPS) is 14.4. The van der Waals surface area contributed by atoms with Gasteiger partial charge >= 0.3 is 99.5 Å². The minimum absolute atomic E-state index is 0.0438. The topological polar surface area (TPSA) is 57.6 Å². The van der Waals surface area contributed by atoms with Crippen LogP contribution in [0.2, 0.25) is 0 Å². The molecular formula is C10H20AsNO3.